The van der Waals surface area contributed by atoms with Gasteiger partial charge in [-0.05, 0) is 25.0 Å². The lowest BCUT2D eigenvalue weighted by atomic mass is 10.2. The van der Waals surface area contributed by atoms with Crippen molar-refractivity contribution in [3.05, 3.63) is 12.7 Å². The van der Waals surface area contributed by atoms with Gasteiger partial charge in [-0.25, -0.2) is 0 Å². The van der Waals surface area contributed by atoms with Gasteiger partial charge in [0.25, 0.3) is 0 Å². The van der Waals surface area contributed by atoms with Crippen LogP contribution < -0.4 is 0 Å². The summed E-state index contributed by atoms with van der Waals surface area (Å²) < 4.78 is 10.2. The van der Waals surface area contributed by atoms with E-state index in [1.165, 1.54) is 18.6 Å². The van der Waals surface area contributed by atoms with Gasteiger partial charge in [-0.1, -0.05) is 6.08 Å². The van der Waals surface area contributed by atoms with Crippen molar-refractivity contribution in [3.8, 4) is 0 Å². The average Bonchev–Trinajstić information content (AvgIpc) is 2.21. The minimum atomic E-state index is 0.698. The van der Waals surface area contributed by atoms with E-state index in [4.69, 9.17) is 9.47 Å². The Hall–Kier alpha value is 0.01000. The van der Waals surface area contributed by atoms with Crippen LogP contribution in [0.5, 0.6) is 0 Å². The molecule has 0 saturated carbocycles. The highest BCUT2D eigenvalue weighted by molar-refractivity contribution is 7.99. The molecule has 84 valence electrons. The van der Waals surface area contributed by atoms with E-state index in [-0.39, 0.29) is 0 Å². The van der Waals surface area contributed by atoms with Gasteiger partial charge in [0, 0.05) is 12.9 Å². The maximum atomic E-state index is 5.34. The Bertz CT molecular complexity index is 118. The number of rotatable bonds is 11. The van der Waals surface area contributed by atoms with Crippen LogP contribution in [0.4, 0.5) is 0 Å². The van der Waals surface area contributed by atoms with Crippen molar-refractivity contribution in [3.63, 3.8) is 0 Å². The Morgan fingerprint density at radius 3 is 2.71 bits per heavy atom. The fraction of sp³-hybridized carbons (Fsp3) is 0.818. The van der Waals surface area contributed by atoms with Crippen molar-refractivity contribution in [2.75, 3.05) is 38.4 Å². The smallest absolute Gasteiger partial charge is 0.0700 e. The van der Waals surface area contributed by atoms with Crippen LogP contribution in [0.25, 0.3) is 0 Å². The molecule has 0 spiro atoms. The fourth-order valence-corrected chi connectivity index (χ4v) is 1.81. The summed E-state index contributed by atoms with van der Waals surface area (Å²) in [5.74, 6) is 2.33. The first-order chi connectivity index (χ1) is 6.91. The molecule has 0 amide bonds. The number of hydrogen-bond donors (Lipinski definition) is 0. The second-order valence-corrected chi connectivity index (χ2v) is 4.23. The standard InChI is InChI=1S/C11H22O2S/c1-3-4-5-6-10-14-11-9-13-8-7-12-2/h3H,1,4-11H2,2H3. The second kappa shape index (κ2) is 13.0. The number of methoxy groups -OCH3 is 1. The van der Waals surface area contributed by atoms with E-state index >= 15 is 0 Å². The molecule has 0 saturated heterocycles. The van der Waals surface area contributed by atoms with E-state index in [2.05, 4.69) is 6.58 Å². The third-order valence-electron chi connectivity index (χ3n) is 1.75. The molecule has 0 N–H and O–H groups in total. The maximum absolute atomic E-state index is 5.34. The van der Waals surface area contributed by atoms with E-state index in [1.807, 2.05) is 17.8 Å². The Morgan fingerprint density at radius 2 is 2.00 bits per heavy atom. The number of ether oxygens (including phenoxy) is 2. The molecule has 0 aromatic heterocycles. The minimum Gasteiger partial charge on any atom is -0.382 e. The molecule has 0 bridgehead atoms. The molecule has 0 atom stereocenters. The van der Waals surface area contributed by atoms with Gasteiger partial charge in [-0.3, -0.25) is 0 Å². The van der Waals surface area contributed by atoms with Crippen molar-refractivity contribution >= 4 is 11.8 Å². The zero-order valence-corrected chi connectivity index (χ0v) is 9.98. The Kier molecular flexibility index (Phi) is 13.0. The highest BCUT2D eigenvalue weighted by Crippen LogP contribution is 2.06. The summed E-state index contributed by atoms with van der Waals surface area (Å²) in [4.78, 5) is 0. The molecule has 0 aliphatic rings. The normalized spacial score (nSPS) is 10.4. The molecule has 0 heterocycles. The predicted octanol–water partition coefficient (Wildman–Crippen LogP) is 2.74. The van der Waals surface area contributed by atoms with Gasteiger partial charge in [-0.2, -0.15) is 11.8 Å². The highest BCUT2D eigenvalue weighted by atomic mass is 32.2. The molecule has 0 rings (SSSR count). The first-order valence-electron chi connectivity index (χ1n) is 5.17. The SMILES string of the molecule is C=CCCCCSCCOCCOC. The molecule has 3 heteroatoms. The van der Waals surface area contributed by atoms with Crippen molar-refractivity contribution < 1.29 is 9.47 Å². The van der Waals surface area contributed by atoms with Crippen LogP contribution in [0.3, 0.4) is 0 Å². The molecule has 0 aliphatic heterocycles. The molecule has 0 unspecified atom stereocenters. The van der Waals surface area contributed by atoms with E-state index in [0.717, 1.165) is 18.8 Å². The topological polar surface area (TPSA) is 18.5 Å². The largest absolute Gasteiger partial charge is 0.382 e. The summed E-state index contributed by atoms with van der Waals surface area (Å²) in [6.07, 6.45) is 5.68. The zero-order valence-electron chi connectivity index (χ0n) is 9.17. The van der Waals surface area contributed by atoms with Crippen LogP contribution in [0.15, 0.2) is 12.7 Å². The van der Waals surface area contributed by atoms with Crippen LogP contribution in [0, 0.1) is 0 Å². The highest BCUT2D eigenvalue weighted by Gasteiger charge is 1.90. The molecule has 0 aromatic rings. The lowest BCUT2D eigenvalue weighted by Crippen LogP contribution is -2.04. The van der Waals surface area contributed by atoms with Crippen molar-refractivity contribution in [2.24, 2.45) is 0 Å². The van der Waals surface area contributed by atoms with Gasteiger partial charge in [0.15, 0.2) is 0 Å². The summed E-state index contributed by atoms with van der Waals surface area (Å²) in [6.45, 7) is 5.95. The molecule has 2 nitrogen and oxygen atoms in total. The number of hydrogen-bond acceptors (Lipinski definition) is 3. The van der Waals surface area contributed by atoms with E-state index < -0.39 is 0 Å². The monoisotopic (exact) mass is 218 g/mol. The maximum Gasteiger partial charge on any atom is 0.0700 e. The Morgan fingerprint density at radius 1 is 1.14 bits per heavy atom. The lowest BCUT2D eigenvalue weighted by Gasteiger charge is -2.03. The molecule has 0 fully saturated rings. The van der Waals surface area contributed by atoms with Gasteiger partial charge < -0.3 is 9.47 Å². The van der Waals surface area contributed by atoms with Crippen LogP contribution in [-0.2, 0) is 9.47 Å². The number of thioether (sulfide) groups is 1. The predicted molar refractivity (Wildman–Crippen MR) is 64.1 cm³/mol. The fourth-order valence-electron chi connectivity index (χ4n) is 0.957. The van der Waals surface area contributed by atoms with Crippen LogP contribution >= 0.6 is 11.8 Å². The quantitative estimate of drug-likeness (QED) is 0.392. The van der Waals surface area contributed by atoms with Gasteiger partial charge >= 0.3 is 0 Å². The van der Waals surface area contributed by atoms with Crippen LogP contribution in [0.1, 0.15) is 19.3 Å². The molecular formula is C11H22O2S. The first kappa shape index (κ1) is 14.0. The van der Waals surface area contributed by atoms with Crippen LogP contribution in [0.2, 0.25) is 0 Å². The summed E-state index contributed by atoms with van der Waals surface area (Å²) in [7, 11) is 1.69. The van der Waals surface area contributed by atoms with E-state index in [1.54, 1.807) is 7.11 Å². The average molecular weight is 218 g/mol. The molecule has 0 aromatic carbocycles. The van der Waals surface area contributed by atoms with Crippen LogP contribution in [-0.4, -0.2) is 38.4 Å². The molecule has 14 heavy (non-hydrogen) atoms. The third kappa shape index (κ3) is 12.0. The first-order valence-corrected chi connectivity index (χ1v) is 6.32. The van der Waals surface area contributed by atoms with E-state index in [0.29, 0.717) is 13.2 Å². The zero-order chi connectivity index (χ0) is 10.5. The second-order valence-electron chi connectivity index (χ2n) is 3.00. The van der Waals surface area contributed by atoms with Crippen molar-refractivity contribution in [1.82, 2.24) is 0 Å². The van der Waals surface area contributed by atoms with Gasteiger partial charge in [0.2, 0.25) is 0 Å². The van der Waals surface area contributed by atoms with Gasteiger partial charge in [0.1, 0.15) is 0 Å². The van der Waals surface area contributed by atoms with Gasteiger partial charge in [-0.15, -0.1) is 6.58 Å². The summed E-state index contributed by atoms with van der Waals surface area (Å²) in [5, 5.41) is 0. The number of unbranched alkanes of at least 4 members (excludes halogenated alkanes) is 2. The molecule has 0 radical (unpaired) electrons. The number of allylic oxidation sites excluding steroid dienone is 1. The van der Waals surface area contributed by atoms with Gasteiger partial charge in [0.05, 0.1) is 19.8 Å². The Balaban J connectivity index is 2.81. The molecule has 0 aliphatic carbocycles. The van der Waals surface area contributed by atoms with E-state index in [9.17, 15) is 0 Å². The summed E-state index contributed by atoms with van der Waals surface area (Å²) in [6, 6.07) is 0. The van der Waals surface area contributed by atoms with Crippen molar-refractivity contribution in [2.45, 2.75) is 19.3 Å². The summed E-state index contributed by atoms with van der Waals surface area (Å²) >= 11 is 1.96. The third-order valence-corrected chi connectivity index (χ3v) is 2.78. The minimum absolute atomic E-state index is 0.698. The summed E-state index contributed by atoms with van der Waals surface area (Å²) in [5.41, 5.74) is 0. The van der Waals surface area contributed by atoms with Crippen molar-refractivity contribution in [1.29, 1.82) is 0 Å². The lowest BCUT2D eigenvalue weighted by molar-refractivity contribution is 0.0790. The molecular weight excluding hydrogens is 196 g/mol. The Labute approximate surface area is 92.0 Å².